The number of piperidine rings is 1. The van der Waals surface area contributed by atoms with Gasteiger partial charge in [-0.05, 0) is 75.7 Å². The molecule has 0 spiro atoms. The van der Waals surface area contributed by atoms with E-state index in [0.29, 0.717) is 18.6 Å². The summed E-state index contributed by atoms with van der Waals surface area (Å²) in [5.74, 6) is 1.55. The van der Waals surface area contributed by atoms with E-state index in [-0.39, 0.29) is 24.0 Å². The van der Waals surface area contributed by atoms with E-state index in [1.54, 1.807) is 0 Å². The van der Waals surface area contributed by atoms with E-state index in [1.807, 2.05) is 0 Å². The van der Waals surface area contributed by atoms with Gasteiger partial charge in [0.15, 0.2) is 5.96 Å². The Morgan fingerprint density at radius 3 is 2.39 bits per heavy atom. The van der Waals surface area contributed by atoms with Crippen molar-refractivity contribution in [1.29, 1.82) is 0 Å². The molecule has 3 fully saturated rings. The molecule has 0 aliphatic carbocycles. The number of anilines is 1. The van der Waals surface area contributed by atoms with E-state index < -0.39 is 0 Å². The highest BCUT2D eigenvalue weighted by Crippen LogP contribution is 2.24. The molecule has 3 heterocycles. The van der Waals surface area contributed by atoms with E-state index in [2.05, 4.69) is 51.2 Å². The number of rotatable bonds is 6. The Bertz CT molecular complexity index is 684. The number of guanidine groups is 1. The highest BCUT2D eigenvalue weighted by molar-refractivity contribution is 14.0. The Morgan fingerprint density at radius 1 is 1.03 bits per heavy atom. The first-order valence-corrected chi connectivity index (χ1v) is 12.0. The second-order valence-corrected chi connectivity index (χ2v) is 9.08. The molecule has 0 saturated carbocycles. The first kappa shape index (κ1) is 24.6. The van der Waals surface area contributed by atoms with Crippen molar-refractivity contribution in [3.05, 3.63) is 29.8 Å². The molecular weight excluding hydrogens is 501 g/mol. The van der Waals surface area contributed by atoms with Crippen LogP contribution in [0, 0.1) is 5.92 Å². The predicted octanol–water partition coefficient (Wildman–Crippen LogP) is 3.15. The molecule has 1 unspecified atom stereocenters. The lowest BCUT2D eigenvalue weighted by Crippen LogP contribution is -2.42. The molecule has 1 atom stereocenters. The van der Waals surface area contributed by atoms with Crippen molar-refractivity contribution in [1.82, 2.24) is 15.1 Å². The second-order valence-electron chi connectivity index (χ2n) is 9.08. The lowest BCUT2D eigenvalue weighted by molar-refractivity contribution is 0.203. The molecule has 1 aromatic rings. The summed E-state index contributed by atoms with van der Waals surface area (Å²) in [5, 5.41) is 12.8. The maximum Gasteiger partial charge on any atom is 0.194 e. The van der Waals surface area contributed by atoms with Crippen LogP contribution >= 0.6 is 24.0 Å². The number of aliphatic hydroxyl groups excluding tert-OH is 1. The van der Waals surface area contributed by atoms with Crippen LogP contribution in [-0.2, 0) is 6.54 Å². The summed E-state index contributed by atoms with van der Waals surface area (Å²) in [6.45, 7) is 11.0. The summed E-state index contributed by atoms with van der Waals surface area (Å²) in [5.41, 5.74) is 2.55. The standard InChI is InChI=1S/C24H39N5O.HI/c1-2-25-24(29-16-11-23(18-29)27-12-3-4-13-27)26-17-20-5-7-22(8-6-20)28-14-9-21(19-30)10-15-28;/h5-8,21,23,30H,2-4,9-19H2,1H3,(H,25,26);1H. The summed E-state index contributed by atoms with van der Waals surface area (Å²) in [4.78, 5) is 12.5. The molecular formula is C24H40IN5O. The largest absolute Gasteiger partial charge is 0.396 e. The minimum atomic E-state index is 0. The van der Waals surface area contributed by atoms with Gasteiger partial charge in [-0.25, -0.2) is 4.99 Å². The van der Waals surface area contributed by atoms with Gasteiger partial charge in [-0.3, -0.25) is 4.90 Å². The quantitative estimate of drug-likeness (QED) is 0.330. The maximum atomic E-state index is 9.33. The highest BCUT2D eigenvalue weighted by Gasteiger charge is 2.30. The molecule has 0 radical (unpaired) electrons. The lowest BCUT2D eigenvalue weighted by Gasteiger charge is -2.32. The Balaban J connectivity index is 0.00000272. The molecule has 2 N–H and O–H groups in total. The number of halogens is 1. The number of aliphatic hydroxyl groups is 1. The molecule has 4 rings (SSSR count). The summed E-state index contributed by atoms with van der Waals surface area (Å²) in [6.07, 6.45) is 6.15. The highest BCUT2D eigenvalue weighted by atomic mass is 127. The van der Waals surface area contributed by atoms with Crippen LogP contribution in [0.5, 0.6) is 0 Å². The van der Waals surface area contributed by atoms with Gasteiger partial charge in [0, 0.05) is 51.1 Å². The lowest BCUT2D eigenvalue weighted by atomic mass is 9.97. The van der Waals surface area contributed by atoms with Crippen molar-refractivity contribution in [3.63, 3.8) is 0 Å². The summed E-state index contributed by atoms with van der Waals surface area (Å²) < 4.78 is 0. The van der Waals surface area contributed by atoms with Gasteiger partial charge in [0.25, 0.3) is 0 Å². The van der Waals surface area contributed by atoms with E-state index in [4.69, 9.17) is 4.99 Å². The summed E-state index contributed by atoms with van der Waals surface area (Å²) in [6, 6.07) is 9.60. The van der Waals surface area contributed by atoms with Gasteiger partial charge in [0.05, 0.1) is 6.54 Å². The third-order valence-corrected chi connectivity index (χ3v) is 7.04. The van der Waals surface area contributed by atoms with Gasteiger partial charge >= 0.3 is 0 Å². The zero-order valence-electron chi connectivity index (χ0n) is 19.0. The number of hydrogen-bond acceptors (Lipinski definition) is 4. The zero-order chi connectivity index (χ0) is 20.8. The summed E-state index contributed by atoms with van der Waals surface area (Å²) in [7, 11) is 0. The Hall–Kier alpha value is -1.06. The average molecular weight is 542 g/mol. The molecule has 1 aromatic carbocycles. The fourth-order valence-electron chi connectivity index (χ4n) is 5.12. The third-order valence-electron chi connectivity index (χ3n) is 7.04. The third kappa shape index (κ3) is 6.48. The van der Waals surface area contributed by atoms with E-state index in [9.17, 15) is 5.11 Å². The molecule has 31 heavy (non-hydrogen) atoms. The van der Waals surface area contributed by atoms with Gasteiger partial charge in [-0.15, -0.1) is 24.0 Å². The van der Waals surface area contributed by atoms with Crippen LogP contribution in [-0.4, -0.2) is 79.3 Å². The molecule has 0 amide bonds. The molecule has 3 aliphatic rings. The topological polar surface area (TPSA) is 54.3 Å². The van der Waals surface area contributed by atoms with Crippen LogP contribution in [0.25, 0.3) is 0 Å². The minimum absolute atomic E-state index is 0. The van der Waals surface area contributed by atoms with Crippen molar-refractivity contribution in [3.8, 4) is 0 Å². The number of hydrogen-bond donors (Lipinski definition) is 2. The number of aliphatic imine (C=N–C) groups is 1. The monoisotopic (exact) mass is 541 g/mol. The van der Waals surface area contributed by atoms with Crippen molar-refractivity contribution in [2.75, 3.05) is 57.3 Å². The van der Waals surface area contributed by atoms with Gasteiger partial charge in [0.1, 0.15) is 0 Å². The van der Waals surface area contributed by atoms with Gasteiger partial charge < -0.3 is 20.2 Å². The van der Waals surface area contributed by atoms with Crippen LogP contribution in [0.4, 0.5) is 5.69 Å². The van der Waals surface area contributed by atoms with Crippen molar-refractivity contribution < 1.29 is 5.11 Å². The van der Waals surface area contributed by atoms with Gasteiger partial charge in [-0.1, -0.05) is 12.1 Å². The maximum absolute atomic E-state index is 9.33. The average Bonchev–Trinajstić information content (AvgIpc) is 3.49. The fraction of sp³-hybridized carbons (Fsp3) is 0.708. The molecule has 0 bridgehead atoms. The van der Waals surface area contributed by atoms with Crippen molar-refractivity contribution >= 4 is 35.6 Å². The molecule has 3 saturated heterocycles. The number of nitrogens with zero attached hydrogens (tertiary/aromatic N) is 4. The van der Waals surface area contributed by atoms with Crippen molar-refractivity contribution in [2.24, 2.45) is 10.9 Å². The Kier molecular flexibility index (Phi) is 9.72. The molecule has 0 aromatic heterocycles. The Morgan fingerprint density at radius 2 is 1.74 bits per heavy atom. The van der Waals surface area contributed by atoms with Crippen molar-refractivity contribution in [2.45, 2.75) is 51.6 Å². The van der Waals surface area contributed by atoms with Crippen LogP contribution in [0.1, 0.15) is 44.6 Å². The number of likely N-dealkylation sites (tertiary alicyclic amines) is 2. The molecule has 3 aliphatic heterocycles. The zero-order valence-corrected chi connectivity index (χ0v) is 21.3. The predicted molar refractivity (Wildman–Crippen MR) is 139 cm³/mol. The van der Waals surface area contributed by atoms with Crippen LogP contribution in [0.2, 0.25) is 0 Å². The second kappa shape index (κ2) is 12.3. The normalized spacial score (nSPS) is 23.3. The van der Waals surface area contributed by atoms with Gasteiger partial charge in [0.2, 0.25) is 0 Å². The van der Waals surface area contributed by atoms with E-state index in [0.717, 1.165) is 58.1 Å². The molecule has 7 heteroatoms. The smallest absolute Gasteiger partial charge is 0.194 e. The SMILES string of the molecule is CCNC(=NCc1ccc(N2CCC(CO)CC2)cc1)N1CCC(N2CCCC2)C1.I. The summed E-state index contributed by atoms with van der Waals surface area (Å²) >= 11 is 0. The number of benzene rings is 1. The van der Waals surface area contributed by atoms with Crippen LogP contribution < -0.4 is 10.2 Å². The van der Waals surface area contributed by atoms with Crippen LogP contribution in [0.3, 0.4) is 0 Å². The minimum Gasteiger partial charge on any atom is -0.396 e. The van der Waals surface area contributed by atoms with E-state index >= 15 is 0 Å². The molecule has 6 nitrogen and oxygen atoms in total. The molecule has 174 valence electrons. The first-order valence-electron chi connectivity index (χ1n) is 12.0. The van der Waals surface area contributed by atoms with Gasteiger partial charge in [-0.2, -0.15) is 0 Å². The number of nitrogens with one attached hydrogen (secondary N) is 1. The fourth-order valence-corrected chi connectivity index (χ4v) is 5.12. The van der Waals surface area contributed by atoms with E-state index in [1.165, 1.54) is 43.6 Å². The van der Waals surface area contributed by atoms with Crippen LogP contribution in [0.15, 0.2) is 29.3 Å². The first-order chi connectivity index (χ1) is 14.8. The Labute approximate surface area is 205 Å².